The number of phenols is 1. The van der Waals surface area contributed by atoms with Gasteiger partial charge >= 0.3 is 0 Å². The Morgan fingerprint density at radius 2 is 1.49 bits per heavy atom. The molecule has 2 aromatic heterocycles. The first-order valence-corrected chi connectivity index (χ1v) is 19.1. The number of amides is 1. The third-order valence-corrected chi connectivity index (χ3v) is 12.1. The van der Waals surface area contributed by atoms with Crippen molar-refractivity contribution in [3.63, 3.8) is 0 Å². The highest BCUT2D eigenvalue weighted by atomic mass is 79.9. The highest BCUT2D eigenvalue weighted by molar-refractivity contribution is 9.11. The summed E-state index contributed by atoms with van der Waals surface area (Å²) in [5, 5.41) is 13.2. The van der Waals surface area contributed by atoms with Gasteiger partial charge in [-0.2, -0.15) is 0 Å². The molecule has 6 aromatic rings. The third kappa shape index (κ3) is 8.23. The Hall–Kier alpha value is -2.59. The summed E-state index contributed by atoms with van der Waals surface area (Å²) in [6.07, 6.45) is 1.61. The van der Waals surface area contributed by atoms with Crippen molar-refractivity contribution in [2.45, 2.75) is 8.68 Å². The topological polar surface area (TPSA) is 105 Å². The first-order chi connectivity index (χ1) is 21.7. The molecule has 226 valence electrons. The van der Waals surface area contributed by atoms with Crippen molar-refractivity contribution in [2.75, 3.05) is 16.8 Å². The SMILES string of the molecule is O=C(CSc1nc2ccc(N=Cc3cc(Br)cc(Br)c3O)cc2s1)Nc1ccc2nc(SCC(=O)c3ccc(Br)cc3)sc2c1. The molecular weight excluding hydrogens is 844 g/mol. The molecule has 1 amide bonds. The van der Waals surface area contributed by atoms with E-state index >= 15 is 0 Å². The van der Waals surface area contributed by atoms with Crippen LogP contribution in [-0.2, 0) is 4.79 Å². The number of hydrogen-bond acceptors (Lipinski definition) is 10. The monoisotopic (exact) mass is 860 g/mol. The number of halogens is 3. The summed E-state index contributed by atoms with van der Waals surface area (Å²) in [5.74, 6) is 0.544. The second-order valence-electron chi connectivity index (χ2n) is 9.43. The van der Waals surface area contributed by atoms with Gasteiger partial charge in [0.25, 0.3) is 0 Å². The number of aromatic hydroxyl groups is 1. The van der Waals surface area contributed by atoms with Gasteiger partial charge in [0.1, 0.15) is 5.75 Å². The van der Waals surface area contributed by atoms with Crippen LogP contribution in [0.15, 0.2) is 99.9 Å². The molecule has 2 heterocycles. The number of carbonyl (C=O) groups is 2. The molecule has 0 atom stereocenters. The van der Waals surface area contributed by atoms with Gasteiger partial charge in [-0.3, -0.25) is 14.6 Å². The second-order valence-corrected chi connectivity index (χ2v) is 16.6. The lowest BCUT2D eigenvalue weighted by atomic mass is 10.2. The van der Waals surface area contributed by atoms with Gasteiger partial charge in [0.2, 0.25) is 5.91 Å². The highest BCUT2D eigenvalue weighted by Crippen LogP contribution is 2.35. The minimum atomic E-state index is -0.136. The van der Waals surface area contributed by atoms with Gasteiger partial charge in [-0.15, -0.1) is 22.7 Å². The first kappa shape index (κ1) is 32.4. The van der Waals surface area contributed by atoms with Crippen LogP contribution in [0.4, 0.5) is 11.4 Å². The van der Waals surface area contributed by atoms with Crippen molar-refractivity contribution in [3.05, 3.63) is 97.3 Å². The second kappa shape index (κ2) is 14.4. The Labute approximate surface area is 299 Å². The smallest absolute Gasteiger partial charge is 0.234 e. The predicted octanol–water partition coefficient (Wildman–Crippen LogP) is 10.4. The van der Waals surface area contributed by atoms with Gasteiger partial charge < -0.3 is 10.4 Å². The quantitative estimate of drug-likeness (QED) is 0.0803. The standard InChI is InChI=1S/C31H19Br3N4O3S4/c32-18-3-1-16(2-4-18)25(39)14-42-30-37-24-8-6-21(12-27(24)45-30)36-28(40)15-43-31-38-23-7-5-20(11-26(23)44-31)35-13-17-9-19(33)10-22(34)29(17)41/h1-13,41H,14-15H2,(H,36,40). The van der Waals surface area contributed by atoms with Gasteiger partial charge in [0, 0.05) is 32.0 Å². The lowest BCUT2D eigenvalue weighted by molar-refractivity contribution is -0.113. The Morgan fingerprint density at radius 3 is 2.22 bits per heavy atom. The van der Waals surface area contributed by atoms with Crippen LogP contribution in [0.25, 0.3) is 20.4 Å². The molecule has 0 fully saturated rings. The molecule has 0 aliphatic carbocycles. The van der Waals surface area contributed by atoms with Crippen LogP contribution in [0, 0.1) is 0 Å². The minimum absolute atomic E-state index is 0.0468. The summed E-state index contributed by atoms with van der Waals surface area (Å²) < 4.78 is 5.82. The van der Waals surface area contributed by atoms with E-state index in [9.17, 15) is 14.7 Å². The number of aliphatic imine (C=N–C) groups is 1. The lowest BCUT2D eigenvalue weighted by Crippen LogP contribution is -2.13. The Bertz CT molecular complexity index is 2100. The third-order valence-electron chi connectivity index (χ3n) is 6.24. The summed E-state index contributed by atoms with van der Waals surface area (Å²) in [4.78, 5) is 39.1. The molecule has 0 saturated heterocycles. The number of thiazole rings is 2. The van der Waals surface area contributed by atoms with E-state index in [0.29, 0.717) is 27.0 Å². The largest absolute Gasteiger partial charge is 0.506 e. The maximum absolute atomic E-state index is 12.8. The van der Waals surface area contributed by atoms with E-state index in [-0.39, 0.29) is 23.2 Å². The lowest BCUT2D eigenvalue weighted by Gasteiger charge is -2.03. The molecular formula is C31H19Br3N4O3S4. The van der Waals surface area contributed by atoms with E-state index in [2.05, 4.69) is 68.1 Å². The fourth-order valence-electron chi connectivity index (χ4n) is 4.08. The van der Waals surface area contributed by atoms with Gasteiger partial charge in [-0.25, -0.2) is 9.97 Å². The molecule has 0 aliphatic heterocycles. The van der Waals surface area contributed by atoms with E-state index in [0.717, 1.165) is 43.7 Å². The van der Waals surface area contributed by atoms with Crippen LogP contribution < -0.4 is 5.32 Å². The van der Waals surface area contributed by atoms with E-state index in [1.54, 1.807) is 30.5 Å². The number of benzene rings is 4. The fraction of sp³-hybridized carbons (Fsp3) is 0.0645. The number of Topliss-reactive ketones (excluding diaryl/α,β-unsaturated/α-hetero) is 1. The van der Waals surface area contributed by atoms with Crippen LogP contribution in [0.2, 0.25) is 0 Å². The molecule has 7 nitrogen and oxygen atoms in total. The number of carbonyl (C=O) groups excluding carboxylic acids is 2. The number of hydrogen-bond donors (Lipinski definition) is 2. The van der Waals surface area contributed by atoms with Gasteiger partial charge in [0.15, 0.2) is 14.5 Å². The maximum atomic E-state index is 12.8. The molecule has 0 saturated carbocycles. The van der Waals surface area contributed by atoms with Crippen molar-refractivity contribution in [3.8, 4) is 5.75 Å². The number of ketones is 1. The maximum Gasteiger partial charge on any atom is 0.234 e. The van der Waals surface area contributed by atoms with E-state index in [4.69, 9.17) is 0 Å². The molecule has 0 bridgehead atoms. The van der Waals surface area contributed by atoms with E-state index in [1.165, 1.54) is 46.2 Å². The molecule has 0 unspecified atom stereocenters. The van der Waals surface area contributed by atoms with Crippen LogP contribution in [0.5, 0.6) is 5.75 Å². The Morgan fingerprint density at radius 1 is 0.822 bits per heavy atom. The summed E-state index contributed by atoms with van der Waals surface area (Å²) >= 11 is 15.9. The van der Waals surface area contributed by atoms with Crippen molar-refractivity contribution >= 4 is 144 Å². The number of phenolic OH excluding ortho intramolecular Hbond substituents is 1. The zero-order chi connectivity index (χ0) is 31.5. The number of fused-ring (bicyclic) bond motifs is 2. The molecule has 0 aliphatic rings. The van der Waals surface area contributed by atoms with Crippen molar-refractivity contribution < 1.29 is 14.7 Å². The van der Waals surface area contributed by atoms with Crippen LogP contribution in [-0.4, -0.2) is 44.5 Å². The average molecular weight is 863 g/mol. The zero-order valence-corrected chi connectivity index (χ0v) is 30.8. The number of anilines is 1. The normalized spacial score (nSPS) is 11.5. The predicted molar refractivity (Wildman–Crippen MR) is 199 cm³/mol. The fourth-order valence-corrected chi connectivity index (χ4v) is 9.50. The van der Waals surface area contributed by atoms with Crippen molar-refractivity contribution in [2.24, 2.45) is 4.99 Å². The molecule has 4 aromatic carbocycles. The number of aromatic nitrogens is 2. The van der Waals surface area contributed by atoms with E-state index < -0.39 is 0 Å². The van der Waals surface area contributed by atoms with Gasteiger partial charge in [0.05, 0.1) is 42.1 Å². The van der Waals surface area contributed by atoms with Gasteiger partial charge in [-0.05, 0) is 76.6 Å². The van der Waals surface area contributed by atoms with Crippen LogP contribution in [0.1, 0.15) is 15.9 Å². The molecule has 0 spiro atoms. The minimum Gasteiger partial charge on any atom is -0.506 e. The van der Waals surface area contributed by atoms with Crippen LogP contribution in [0.3, 0.4) is 0 Å². The van der Waals surface area contributed by atoms with Gasteiger partial charge in [-0.1, -0.05) is 67.5 Å². The molecule has 45 heavy (non-hydrogen) atoms. The van der Waals surface area contributed by atoms with Crippen molar-refractivity contribution in [1.82, 2.24) is 9.97 Å². The molecule has 0 radical (unpaired) electrons. The summed E-state index contributed by atoms with van der Waals surface area (Å²) in [6, 6.07) is 22.2. The number of nitrogens with zero attached hydrogens (tertiary/aromatic N) is 3. The molecule has 2 N–H and O–H groups in total. The summed E-state index contributed by atoms with van der Waals surface area (Å²) in [7, 11) is 0. The molecule has 14 heteroatoms. The number of thioether (sulfide) groups is 2. The molecule has 6 rings (SSSR count). The Balaban J connectivity index is 1.04. The summed E-state index contributed by atoms with van der Waals surface area (Å²) in [6.45, 7) is 0. The first-order valence-electron chi connectivity index (χ1n) is 13.1. The number of nitrogens with one attached hydrogen (secondary N) is 1. The summed E-state index contributed by atoms with van der Waals surface area (Å²) in [5.41, 5.74) is 4.33. The van der Waals surface area contributed by atoms with Crippen LogP contribution >= 0.6 is 94.0 Å². The zero-order valence-electron chi connectivity index (χ0n) is 22.8. The average Bonchev–Trinajstić information content (AvgIpc) is 3.63. The highest BCUT2D eigenvalue weighted by Gasteiger charge is 2.13. The Kier molecular flexibility index (Phi) is 10.4. The van der Waals surface area contributed by atoms with Crippen molar-refractivity contribution in [1.29, 1.82) is 0 Å². The number of rotatable bonds is 10. The van der Waals surface area contributed by atoms with E-state index in [1.807, 2.05) is 48.5 Å².